The fourth-order valence-electron chi connectivity index (χ4n) is 7.50. The first-order chi connectivity index (χ1) is 25.6. The van der Waals surface area contributed by atoms with Crippen LogP contribution >= 0.6 is 0 Å². The van der Waals surface area contributed by atoms with E-state index in [0.717, 1.165) is 88.2 Å². The number of benzene rings is 7. The molecular formula is C47H31N3O2. The Morgan fingerprint density at radius 1 is 0.519 bits per heavy atom. The molecule has 5 heteroatoms. The van der Waals surface area contributed by atoms with Gasteiger partial charge in [-0.3, -0.25) is 0 Å². The zero-order valence-corrected chi connectivity index (χ0v) is 28.6. The van der Waals surface area contributed by atoms with Crippen LogP contribution in [0.15, 0.2) is 154 Å². The Hall–Kier alpha value is -6.85. The summed E-state index contributed by atoms with van der Waals surface area (Å²) < 4.78 is 13.0. The molecule has 0 aliphatic carbocycles. The molecule has 52 heavy (non-hydrogen) atoms. The van der Waals surface area contributed by atoms with Gasteiger partial charge in [0, 0.05) is 44.0 Å². The van der Waals surface area contributed by atoms with Gasteiger partial charge in [-0.2, -0.15) is 0 Å². The molecule has 0 spiro atoms. The molecule has 10 aromatic rings. The van der Waals surface area contributed by atoms with Gasteiger partial charge in [-0.25, -0.2) is 15.0 Å². The van der Waals surface area contributed by atoms with Gasteiger partial charge in [0.25, 0.3) is 0 Å². The lowest BCUT2D eigenvalue weighted by atomic mass is 9.96. The van der Waals surface area contributed by atoms with Crippen molar-refractivity contribution in [3.8, 4) is 34.2 Å². The van der Waals surface area contributed by atoms with Crippen molar-refractivity contribution in [3.63, 3.8) is 0 Å². The molecule has 0 aliphatic rings. The highest BCUT2D eigenvalue weighted by Gasteiger charge is 2.22. The minimum Gasteiger partial charge on any atom is -0.456 e. The number of rotatable bonds is 5. The summed E-state index contributed by atoms with van der Waals surface area (Å²) in [6.45, 7) is 4.21. The third kappa shape index (κ3) is 4.82. The number of fused-ring (bicyclic) bond motifs is 7. The summed E-state index contributed by atoms with van der Waals surface area (Å²) >= 11 is 0. The molecule has 0 fully saturated rings. The van der Waals surface area contributed by atoms with Crippen molar-refractivity contribution in [1.82, 2.24) is 15.0 Å². The van der Waals surface area contributed by atoms with Crippen LogP contribution in [0.2, 0.25) is 0 Å². The Bertz CT molecular complexity index is 3040. The van der Waals surface area contributed by atoms with Crippen molar-refractivity contribution < 1.29 is 8.83 Å². The Balaban J connectivity index is 1.23. The molecule has 0 bridgehead atoms. The predicted octanol–water partition coefficient (Wildman–Crippen LogP) is 12.7. The SMILES string of the molecule is C/C(=C\c1oc2ccccc2c1C)c1ccc(-c2nc(-c3ccccc3)nc(-c3cc4ccccc4c4ccccc34)n2)c2c1oc1ccccc12. The standard InChI is InChI=1S/C47H31N3O2/c1-28(26-42-29(2)33-17-10-12-22-40(33)51-42)32-24-25-38(43-37-21-11-13-23-41(37)52-44(32)43)46-48-45(30-14-4-3-5-15-30)49-47(50-46)39-27-31-16-6-7-18-34(31)35-19-8-9-20-36(35)39/h3-27H,1-2H3/b28-26+. The van der Waals surface area contributed by atoms with Crippen LogP contribution in [0.4, 0.5) is 0 Å². The van der Waals surface area contributed by atoms with Crippen LogP contribution in [-0.4, -0.2) is 15.0 Å². The monoisotopic (exact) mass is 669 g/mol. The second-order valence-corrected chi connectivity index (χ2v) is 13.2. The first-order valence-corrected chi connectivity index (χ1v) is 17.4. The van der Waals surface area contributed by atoms with Gasteiger partial charge in [-0.05, 0) is 71.3 Å². The number of allylic oxidation sites excluding steroid dienone is 1. The van der Waals surface area contributed by atoms with Crippen molar-refractivity contribution in [2.75, 3.05) is 0 Å². The van der Waals surface area contributed by atoms with Crippen molar-refractivity contribution in [2.45, 2.75) is 13.8 Å². The van der Waals surface area contributed by atoms with E-state index < -0.39 is 0 Å². The van der Waals surface area contributed by atoms with Crippen LogP contribution in [0.3, 0.4) is 0 Å². The Kier molecular flexibility index (Phi) is 6.86. The quantitative estimate of drug-likeness (QED) is 0.171. The molecule has 0 saturated carbocycles. The van der Waals surface area contributed by atoms with Crippen LogP contribution in [0.5, 0.6) is 0 Å². The van der Waals surface area contributed by atoms with E-state index in [2.05, 4.69) is 98.8 Å². The van der Waals surface area contributed by atoms with Gasteiger partial charge in [0.05, 0.1) is 0 Å². The topological polar surface area (TPSA) is 65.0 Å². The first-order valence-electron chi connectivity index (χ1n) is 17.4. The average molecular weight is 670 g/mol. The van der Waals surface area contributed by atoms with Crippen molar-refractivity contribution in [1.29, 1.82) is 0 Å². The summed E-state index contributed by atoms with van der Waals surface area (Å²) in [5, 5.41) is 7.66. The van der Waals surface area contributed by atoms with E-state index >= 15 is 0 Å². The third-order valence-electron chi connectivity index (χ3n) is 10.1. The first kappa shape index (κ1) is 30.0. The van der Waals surface area contributed by atoms with Crippen molar-refractivity contribution >= 4 is 66.1 Å². The molecule has 3 aromatic heterocycles. The van der Waals surface area contributed by atoms with E-state index in [1.165, 1.54) is 5.39 Å². The maximum absolute atomic E-state index is 6.69. The fraction of sp³-hybridized carbons (Fsp3) is 0.0426. The van der Waals surface area contributed by atoms with Gasteiger partial charge < -0.3 is 8.83 Å². The number of hydrogen-bond acceptors (Lipinski definition) is 5. The van der Waals surface area contributed by atoms with Gasteiger partial charge in [-0.15, -0.1) is 0 Å². The summed E-state index contributed by atoms with van der Waals surface area (Å²) in [5.41, 5.74) is 8.33. The molecule has 0 aliphatic heterocycles. The van der Waals surface area contributed by atoms with Crippen LogP contribution < -0.4 is 0 Å². The summed E-state index contributed by atoms with van der Waals surface area (Å²) in [5.74, 6) is 2.65. The zero-order valence-electron chi connectivity index (χ0n) is 28.6. The molecular weight excluding hydrogens is 639 g/mol. The van der Waals surface area contributed by atoms with Gasteiger partial charge in [-0.1, -0.05) is 121 Å². The highest BCUT2D eigenvalue weighted by molar-refractivity contribution is 6.16. The molecule has 0 atom stereocenters. The minimum atomic E-state index is 0.582. The number of nitrogens with zero attached hydrogens (tertiary/aromatic N) is 3. The van der Waals surface area contributed by atoms with Crippen molar-refractivity contribution in [2.24, 2.45) is 0 Å². The summed E-state index contributed by atoms with van der Waals surface area (Å²) in [7, 11) is 0. The molecule has 0 radical (unpaired) electrons. The predicted molar refractivity (Wildman–Crippen MR) is 213 cm³/mol. The maximum atomic E-state index is 6.69. The van der Waals surface area contributed by atoms with E-state index in [-0.39, 0.29) is 0 Å². The van der Waals surface area contributed by atoms with Crippen molar-refractivity contribution in [3.05, 3.63) is 162 Å². The normalized spacial score (nSPS) is 12.2. The maximum Gasteiger partial charge on any atom is 0.164 e. The fourth-order valence-corrected chi connectivity index (χ4v) is 7.50. The molecule has 10 rings (SSSR count). The number of aromatic nitrogens is 3. The second-order valence-electron chi connectivity index (χ2n) is 13.2. The van der Waals surface area contributed by atoms with Crippen LogP contribution in [0.25, 0.3) is 100 Å². The number of aryl methyl sites for hydroxylation is 1. The molecule has 0 N–H and O–H groups in total. The molecule has 3 heterocycles. The lowest BCUT2D eigenvalue weighted by Gasteiger charge is -2.13. The molecule has 0 unspecified atom stereocenters. The lowest BCUT2D eigenvalue weighted by Crippen LogP contribution is -2.01. The molecule has 7 aromatic carbocycles. The van der Waals surface area contributed by atoms with Gasteiger partial charge >= 0.3 is 0 Å². The van der Waals surface area contributed by atoms with Crippen LogP contribution in [0.1, 0.15) is 23.8 Å². The second kappa shape index (κ2) is 11.9. The summed E-state index contributed by atoms with van der Waals surface area (Å²) in [6.07, 6.45) is 2.11. The van der Waals surface area contributed by atoms with Gasteiger partial charge in [0.15, 0.2) is 17.5 Å². The van der Waals surface area contributed by atoms with Crippen LogP contribution in [-0.2, 0) is 0 Å². The zero-order chi connectivity index (χ0) is 34.8. The Labute approximate surface area is 299 Å². The van der Waals surface area contributed by atoms with Gasteiger partial charge in [0.2, 0.25) is 0 Å². The van der Waals surface area contributed by atoms with E-state index in [1.54, 1.807) is 0 Å². The summed E-state index contributed by atoms with van der Waals surface area (Å²) in [4.78, 5) is 15.6. The van der Waals surface area contributed by atoms with Crippen LogP contribution in [0, 0.1) is 6.92 Å². The number of furan rings is 2. The third-order valence-corrected chi connectivity index (χ3v) is 10.1. The number of para-hydroxylation sites is 2. The summed E-state index contributed by atoms with van der Waals surface area (Å²) in [6, 6.07) is 49.8. The largest absolute Gasteiger partial charge is 0.456 e. The van der Waals surface area contributed by atoms with E-state index in [0.29, 0.717) is 17.5 Å². The lowest BCUT2D eigenvalue weighted by molar-refractivity contribution is 0.601. The smallest absolute Gasteiger partial charge is 0.164 e. The molecule has 246 valence electrons. The number of hydrogen-bond donors (Lipinski definition) is 0. The van der Waals surface area contributed by atoms with E-state index in [4.69, 9.17) is 23.8 Å². The molecule has 0 amide bonds. The average Bonchev–Trinajstić information content (AvgIpc) is 3.74. The van der Waals surface area contributed by atoms with E-state index in [9.17, 15) is 0 Å². The van der Waals surface area contributed by atoms with Gasteiger partial charge in [0.1, 0.15) is 22.5 Å². The molecule has 5 nitrogen and oxygen atoms in total. The van der Waals surface area contributed by atoms with E-state index in [1.807, 2.05) is 66.7 Å². The minimum absolute atomic E-state index is 0.582. The highest BCUT2D eigenvalue weighted by atomic mass is 16.3. The Morgan fingerprint density at radius 2 is 1.12 bits per heavy atom. The molecule has 0 saturated heterocycles. The Morgan fingerprint density at radius 3 is 1.88 bits per heavy atom. The highest BCUT2D eigenvalue weighted by Crippen LogP contribution is 2.42.